The van der Waals surface area contributed by atoms with Crippen LogP contribution in [0.25, 0.3) is 6.08 Å². The Kier molecular flexibility index (Phi) is 6.59. The van der Waals surface area contributed by atoms with E-state index in [0.29, 0.717) is 30.3 Å². The smallest absolute Gasteiger partial charge is 0.328 e. The zero-order valence-electron chi connectivity index (χ0n) is 12.0. The number of rotatable bonds is 8. The maximum atomic E-state index is 10.6. The minimum atomic E-state index is -1.01. The molecular formula is C15H20O5. The third-order valence-electron chi connectivity index (χ3n) is 2.44. The van der Waals surface area contributed by atoms with E-state index in [9.17, 15) is 4.79 Å². The lowest BCUT2D eigenvalue weighted by molar-refractivity contribution is -0.131. The van der Waals surface area contributed by atoms with Crippen LogP contribution in [0.2, 0.25) is 0 Å². The van der Waals surface area contributed by atoms with Crippen molar-refractivity contribution in [2.24, 2.45) is 0 Å². The number of methoxy groups -OCH3 is 1. The molecule has 5 heteroatoms. The lowest BCUT2D eigenvalue weighted by atomic mass is 10.1. The van der Waals surface area contributed by atoms with Gasteiger partial charge in [-0.15, -0.1) is 0 Å². The van der Waals surface area contributed by atoms with E-state index in [1.165, 1.54) is 6.08 Å². The van der Waals surface area contributed by atoms with Gasteiger partial charge in [-0.1, -0.05) is 12.1 Å². The number of hydrogen-bond donors (Lipinski definition) is 1. The summed E-state index contributed by atoms with van der Waals surface area (Å²) in [5.41, 5.74) is 0.654. The summed E-state index contributed by atoms with van der Waals surface area (Å²) in [6, 6.07) is 5.35. The van der Waals surface area contributed by atoms with Crippen molar-refractivity contribution in [1.82, 2.24) is 0 Å². The zero-order chi connectivity index (χ0) is 15.0. The highest BCUT2D eigenvalue weighted by Crippen LogP contribution is 2.33. The van der Waals surface area contributed by atoms with Gasteiger partial charge in [0.05, 0.1) is 13.2 Å². The van der Waals surface area contributed by atoms with Crippen LogP contribution < -0.4 is 9.47 Å². The van der Waals surface area contributed by atoms with E-state index in [2.05, 4.69) is 0 Å². The highest BCUT2D eigenvalue weighted by molar-refractivity contribution is 5.86. The van der Waals surface area contributed by atoms with E-state index >= 15 is 0 Å². The van der Waals surface area contributed by atoms with E-state index < -0.39 is 5.97 Å². The van der Waals surface area contributed by atoms with Crippen LogP contribution in [0.1, 0.15) is 19.4 Å². The Labute approximate surface area is 118 Å². The largest absolute Gasteiger partial charge is 0.490 e. The van der Waals surface area contributed by atoms with Crippen LogP contribution in [0, 0.1) is 0 Å². The summed E-state index contributed by atoms with van der Waals surface area (Å²) in [5.74, 6) is 0.0992. The lowest BCUT2D eigenvalue weighted by Crippen LogP contribution is -2.19. The second kappa shape index (κ2) is 8.22. The van der Waals surface area contributed by atoms with Crippen molar-refractivity contribution in [2.45, 2.75) is 20.0 Å². The van der Waals surface area contributed by atoms with Gasteiger partial charge in [-0.05, 0) is 26.0 Å². The number of carboxylic acids is 1. The number of para-hydroxylation sites is 1. The molecule has 1 rings (SSSR count). The Morgan fingerprint density at radius 1 is 1.45 bits per heavy atom. The number of hydrogen-bond acceptors (Lipinski definition) is 4. The number of carbonyl (C=O) groups is 1. The molecule has 0 saturated carbocycles. The minimum Gasteiger partial charge on any atom is -0.490 e. The fraction of sp³-hybridized carbons (Fsp3) is 0.400. The maximum absolute atomic E-state index is 10.6. The Bertz CT molecular complexity index is 467. The second-order valence-corrected chi connectivity index (χ2v) is 4.16. The number of ether oxygens (including phenoxy) is 3. The molecule has 0 amide bonds. The maximum Gasteiger partial charge on any atom is 0.328 e. The van der Waals surface area contributed by atoms with Crippen LogP contribution in [0.3, 0.4) is 0 Å². The van der Waals surface area contributed by atoms with Crippen LogP contribution in [-0.2, 0) is 9.53 Å². The van der Waals surface area contributed by atoms with Crippen molar-refractivity contribution >= 4 is 12.0 Å². The summed E-state index contributed by atoms with van der Waals surface area (Å²) < 4.78 is 16.4. The van der Waals surface area contributed by atoms with E-state index in [1.807, 2.05) is 13.8 Å². The quantitative estimate of drug-likeness (QED) is 0.741. The first-order valence-corrected chi connectivity index (χ1v) is 6.40. The van der Waals surface area contributed by atoms with Crippen molar-refractivity contribution in [3.63, 3.8) is 0 Å². The molecule has 0 aliphatic rings. The summed E-state index contributed by atoms with van der Waals surface area (Å²) in [6.07, 6.45) is 2.39. The lowest BCUT2D eigenvalue weighted by Gasteiger charge is -2.18. The average Bonchev–Trinajstić information content (AvgIpc) is 2.39. The first-order chi connectivity index (χ1) is 9.58. The molecule has 5 nitrogen and oxygen atoms in total. The Balaban J connectivity index is 3.08. The van der Waals surface area contributed by atoms with Crippen LogP contribution in [0.4, 0.5) is 0 Å². The van der Waals surface area contributed by atoms with E-state index in [1.54, 1.807) is 25.3 Å². The average molecular weight is 280 g/mol. The molecule has 1 aromatic rings. The molecule has 0 bridgehead atoms. The van der Waals surface area contributed by atoms with Crippen molar-refractivity contribution in [3.8, 4) is 11.5 Å². The molecule has 0 radical (unpaired) electrons. The Morgan fingerprint density at radius 2 is 2.20 bits per heavy atom. The normalized spacial score (nSPS) is 12.3. The van der Waals surface area contributed by atoms with Gasteiger partial charge in [0.1, 0.15) is 6.10 Å². The predicted octanol–water partition coefficient (Wildman–Crippen LogP) is 2.60. The van der Waals surface area contributed by atoms with Crippen molar-refractivity contribution in [3.05, 3.63) is 29.8 Å². The molecule has 0 aliphatic carbocycles. The summed E-state index contributed by atoms with van der Waals surface area (Å²) in [4.78, 5) is 10.6. The van der Waals surface area contributed by atoms with Gasteiger partial charge >= 0.3 is 5.97 Å². The third-order valence-corrected chi connectivity index (χ3v) is 2.44. The van der Waals surface area contributed by atoms with E-state index in [0.717, 1.165) is 6.08 Å². The molecule has 0 fully saturated rings. The van der Waals surface area contributed by atoms with Gasteiger partial charge in [0, 0.05) is 18.7 Å². The molecule has 1 atom stereocenters. The monoisotopic (exact) mass is 280 g/mol. The van der Waals surface area contributed by atoms with Crippen LogP contribution in [-0.4, -0.2) is 37.5 Å². The first-order valence-electron chi connectivity index (χ1n) is 6.40. The fourth-order valence-electron chi connectivity index (χ4n) is 1.69. The first kappa shape index (κ1) is 16.0. The molecule has 0 aliphatic heterocycles. The molecule has 0 aromatic heterocycles. The van der Waals surface area contributed by atoms with Crippen LogP contribution in [0.15, 0.2) is 24.3 Å². The summed E-state index contributed by atoms with van der Waals surface area (Å²) in [7, 11) is 1.60. The molecule has 0 spiro atoms. The van der Waals surface area contributed by atoms with Crippen molar-refractivity contribution in [2.75, 3.05) is 20.3 Å². The predicted molar refractivity (Wildman–Crippen MR) is 76.2 cm³/mol. The Morgan fingerprint density at radius 3 is 2.80 bits per heavy atom. The zero-order valence-corrected chi connectivity index (χ0v) is 12.0. The van der Waals surface area contributed by atoms with Gasteiger partial charge in [0.2, 0.25) is 0 Å². The highest BCUT2D eigenvalue weighted by Gasteiger charge is 2.13. The highest BCUT2D eigenvalue weighted by atomic mass is 16.5. The topological polar surface area (TPSA) is 65.0 Å². The van der Waals surface area contributed by atoms with Crippen LogP contribution in [0.5, 0.6) is 11.5 Å². The second-order valence-electron chi connectivity index (χ2n) is 4.16. The van der Waals surface area contributed by atoms with Crippen LogP contribution >= 0.6 is 0 Å². The summed E-state index contributed by atoms with van der Waals surface area (Å²) in [6.45, 7) is 4.68. The van der Waals surface area contributed by atoms with Gasteiger partial charge in [-0.25, -0.2) is 4.79 Å². The summed E-state index contributed by atoms with van der Waals surface area (Å²) in [5, 5.41) is 8.73. The van der Waals surface area contributed by atoms with Gasteiger partial charge in [0.25, 0.3) is 0 Å². The van der Waals surface area contributed by atoms with E-state index in [4.69, 9.17) is 19.3 Å². The van der Waals surface area contributed by atoms with Crippen molar-refractivity contribution < 1.29 is 24.1 Å². The molecule has 20 heavy (non-hydrogen) atoms. The molecule has 1 aromatic carbocycles. The van der Waals surface area contributed by atoms with Gasteiger partial charge < -0.3 is 19.3 Å². The number of aliphatic carboxylic acids is 1. The van der Waals surface area contributed by atoms with Gasteiger partial charge in [0.15, 0.2) is 11.5 Å². The molecular weight excluding hydrogens is 260 g/mol. The molecule has 0 saturated heterocycles. The number of benzene rings is 1. The molecule has 1 unspecified atom stereocenters. The molecule has 110 valence electrons. The standard InChI is InChI=1S/C15H20O5/c1-4-19-13-7-5-6-12(8-9-14(16)17)15(13)20-11(2)10-18-3/h5-9,11H,4,10H2,1-3H3,(H,16,17). The molecule has 0 heterocycles. The van der Waals surface area contributed by atoms with Gasteiger partial charge in [-0.3, -0.25) is 0 Å². The SMILES string of the molecule is CCOc1cccc(C=CC(=O)O)c1OC(C)COC. The van der Waals surface area contributed by atoms with Crippen molar-refractivity contribution in [1.29, 1.82) is 0 Å². The Hall–Kier alpha value is -2.01. The van der Waals surface area contributed by atoms with Gasteiger partial charge in [-0.2, -0.15) is 0 Å². The summed E-state index contributed by atoms with van der Waals surface area (Å²) >= 11 is 0. The molecule has 1 N–H and O–H groups in total. The minimum absolute atomic E-state index is 0.168. The van der Waals surface area contributed by atoms with E-state index in [-0.39, 0.29) is 6.10 Å². The number of carboxylic acid groups (broad SMARTS) is 1. The third kappa shape index (κ3) is 4.93. The fourth-order valence-corrected chi connectivity index (χ4v) is 1.69.